The number of nitrogens with zero attached hydrogens (tertiary/aromatic N) is 1. The summed E-state index contributed by atoms with van der Waals surface area (Å²) in [5.74, 6) is -1.77. The van der Waals surface area contributed by atoms with Crippen LogP contribution < -0.4 is 0 Å². The predicted molar refractivity (Wildman–Crippen MR) is 56.1 cm³/mol. The molecule has 1 heterocycles. The van der Waals surface area contributed by atoms with Gasteiger partial charge in [0.2, 0.25) is 5.89 Å². The molecule has 0 radical (unpaired) electrons. The lowest BCUT2D eigenvalue weighted by Crippen LogP contribution is -2.00. The summed E-state index contributed by atoms with van der Waals surface area (Å²) in [4.78, 5) is 14.8. The normalized spacial score (nSPS) is 10.4. The summed E-state index contributed by atoms with van der Waals surface area (Å²) in [5, 5.41) is 9.23. The summed E-state index contributed by atoms with van der Waals surface area (Å²) in [7, 11) is 0. The van der Waals surface area contributed by atoms with Crippen LogP contribution in [0.15, 0.2) is 33.9 Å². The summed E-state index contributed by atoms with van der Waals surface area (Å²) in [6.07, 6.45) is 1.27. The average Bonchev–Trinajstić information content (AvgIpc) is 2.64. The van der Waals surface area contributed by atoms with Gasteiger partial charge in [-0.3, -0.25) is 0 Å². The van der Waals surface area contributed by atoms with Crippen LogP contribution in [0.25, 0.3) is 11.5 Å². The van der Waals surface area contributed by atoms with Crippen LogP contribution >= 0.6 is 12.6 Å². The standard InChI is InChI=1S/C10H6FNO3S/c11-5-1-2-6(7(3-5)10(13)14)9-12-8(16)4-15-9/h1-4,16H,(H,13,14). The molecule has 16 heavy (non-hydrogen) atoms. The summed E-state index contributed by atoms with van der Waals surface area (Å²) in [5.41, 5.74) is 0.0179. The van der Waals surface area contributed by atoms with Crippen molar-refractivity contribution in [2.75, 3.05) is 0 Å². The van der Waals surface area contributed by atoms with E-state index >= 15 is 0 Å². The van der Waals surface area contributed by atoms with Crippen molar-refractivity contribution in [1.82, 2.24) is 4.98 Å². The third-order valence-corrected chi connectivity index (χ3v) is 2.14. The molecular formula is C10H6FNO3S. The zero-order valence-electron chi connectivity index (χ0n) is 7.85. The van der Waals surface area contributed by atoms with Crippen LogP contribution in [0.5, 0.6) is 0 Å². The Labute approximate surface area is 95.1 Å². The number of carbonyl (C=O) groups is 1. The number of halogens is 1. The van der Waals surface area contributed by atoms with Gasteiger partial charge in [0.1, 0.15) is 17.1 Å². The Morgan fingerprint density at radius 1 is 1.50 bits per heavy atom. The van der Waals surface area contributed by atoms with Crippen molar-refractivity contribution in [1.29, 1.82) is 0 Å². The number of rotatable bonds is 2. The van der Waals surface area contributed by atoms with Crippen LogP contribution in [0, 0.1) is 5.82 Å². The number of hydrogen-bond donors (Lipinski definition) is 2. The lowest BCUT2D eigenvalue weighted by Gasteiger charge is -2.01. The molecule has 4 nitrogen and oxygen atoms in total. The van der Waals surface area contributed by atoms with Crippen LogP contribution in [0.2, 0.25) is 0 Å². The highest BCUT2D eigenvalue weighted by molar-refractivity contribution is 7.80. The third kappa shape index (κ3) is 1.92. The van der Waals surface area contributed by atoms with E-state index in [1.807, 2.05) is 0 Å². The molecule has 0 unspecified atom stereocenters. The lowest BCUT2D eigenvalue weighted by atomic mass is 10.1. The van der Waals surface area contributed by atoms with Crippen molar-refractivity contribution in [3.63, 3.8) is 0 Å². The zero-order valence-corrected chi connectivity index (χ0v) is 8.74. The Hall–Kier alpha value is -1.82. The Morgan fingerprint density at radius 3 is 2.81 bits per heavy atom. The van der Waals surface area contributed by atoms with Crippen LogP contribution in [-0.2, 0) is 0 Å². The SMILES string of the molecule is O=C(O)c1cc(F)ccc1-c1nc(S)co1. The van der Waals surface area contributed by atoms with Crippen LogP contribution in [-0.4, -0.2) is 16.1 Å². The number of oxazole rings is 1. The Kier molecular flexibility index (Phi) is 2.66. The Balaban J connectivity index is 2.60. The maximum absolute atomic E-state index is 12.9. The molecule has 0 fully saturated rings. The van der Waals surface area contributed by atoms with Gasteiger partial charge < -0.3 is 9.52 Å². The topological polar surface area (TPSA) is 63.3 Å². The average molecular weight is 239 g/mol. The van der Waals surface area contributed by atoms with Gasteiger partial charge >= 0.3 is 5.97 Å². The van der Waals surface area contributed by atoms with Crippen LogP contribution in [0.4, 0.5) is 4.39 Å². The summed E-state index contributed by atoms with van der Waals surface area (Å²) >= 11 is 3.94. The second kappa shape index (κ2) is 3.97. The molecule has 0 aliphatic carbocycles. The van der Waals surface area contributed by atoms with E-state index in [0.29, 0.717) is 5.03 Å². The highest BCUT2D eigenvalue weighted by atomic mass is 32.1. The molecule has 0 amide bonds. The number of benzene rings is 1. The largest absolute Gasteiger partial charge is 0.478 e. The van der Waals surface area contributed by atoms with E-state index < -0.39 is 11.8 Å². The third-order valence-electron chi connectivity index (χ3n) is 1.93. The summed E-state index contributed by atoms with van der Waals surface area (Å²) in [6, 6.07) is 3.36. The van der Waals surface area contributed by atoms with E-state index in [0.717, 1.165) is 12.1 Å². The zero-order chi connectivity index (χ0) is 11.7. The number of aromatic carboxylic acids is 1. The lowest BCUT2D eigenvalue weighted by molar-refractivity contribution is 0.0697. The smallest absolute Gasteiger partial charge is 0.336 e. The molecule has 0 atom stereocenters. The first-order chi connectivity index (χ1) is 7.58. The van der Waals surface area contributed by atoms with Gasteiger partial charge in [-0.2, -0.15) is 0 Å². The van der Waals surface area contributed by atoms with Crippen molar-refractivity contribution < 1.29 is 18.7 Å². The quantitative estimate of drug-likeness (QED) is 0.790. The molecule has 0 bridgehead atoms. The first-order valence-corrected chi connectivity index (χ1v) is 4.70. The minimum Gasteiger partial charge on any atom is -0.478 e. The summed E-state index contributed by atoms with van der Waals surface area (Å²) in [6.45, 7) is 0. The fourth-order valence-corrected chi connectivity index (χ4v) is 1.41. The highest BCUT2D eigenvalue weighted by Crippen LogP contribution is 2.24. The summed E-state index contributed by atoms with van der Waals surface area (Å²) < 4.78 is 17.9. The minimum atomic E-state index is -1.24. The highest BCUT2D eigenvalue weighted by Gasteiger charge is 2.16. The van der Waals surface area contributed by atoms with Crippen LogP contribution in [0.3, 0.4) is 0 Å². The van der Waals surface area contributed by atoms with Crippen molar-refractivity contribution in [3.8, 4) is 11.5 Å². The van der Waals surface area contributed by atoms with Gasteiger partial charge in [-0.25, -0.2) is 14.2 Å². The molecule has 0 aliphatic heterocycles. The first kappa shape index (κ1) is 10.7. The monoisotopic (exact) mass is 239 g/mol. The molecule has 0 saturated heterocycles. The Morgan fingerprint density at radius 2 is 2.25 bits per heavy atom. The second-order valence-corrected chi connectivity index (χ2v) is 3.46. The predicted octanol–water partition coefficient (Wildman–Crippen LogP) is 2.47. The van der Waals surface area contributed by atoms with Gasteiger partial charge in [-0.05, 0) is 18.2 Å². The number of aromatic nitrogens is 1. The van der Waals surface area contributed by atoms with Gasteiger partial charge in [0.05, 0.1) is 11.1 Å². The van der Waals surface area contributed by atoms with E-state index in [-0.39, 0.29) is 17.0 Å². The molecule has 0 aliphatic rings. The van der Waals surface area contributed by atoms with Crippen molar-refractivity contribution in [2.24, 2.45) is 0 Å². The fourth-order valence-electron chi connectivity index (χ4n) is 1.27. The van der Waals surface area contributed by atoms with E-state index in [4.69, 9.17) is 9.52 Å². The van der Waals surface area contributed by atoms with Crippen molar-refractivity contribution in [3.05, 3.63) is 35.8 Å². The second-order valence-electron chi connectivity index (χ2n) is 3.01. The number of carboxylic acids is 1. The van der Waals surface area contributed by atoms with E-state index in [2.05, 4.69) is 17.6 Å². The molecule has 0 spiro atoms. The van der Waals surface area contributed by atoms with Gasteiger partial charge in [-0.15, -0.1) is 12.6 Å². The maximum atomic E-state index is 12.9. The fraction of sp³-hybridized carbons (Fsp3) is 0. The van der Waals surface area contributed by atoms with Crippen molar-refractivity contribution in [2.45, 2.75) is 5.03 Å². The molecule has 2 rings (SSSR count). The molecule has 0 saturated carbocycles. The molecule has 6 heteroatoms. The molecule has 2 aromatic rings. The molecule has 1 aromatic carbocycles. The van der Waals surface area contributed by atoms with E-state index in [1.165, 1.54) is 12.3 Å². The molecule has 82 valence electrons. The molecule has 1 aromatic heterocycles. The number of hydrogen-bond acceptors (Lipinski definition) is 4. The van der Waals surface area contributed by atoms with Gasteiger partial charge in [0, 0.05) is 0 Å². The number of carboxylic acid groups (broad SMARTS) is 1. The minimum absolute atomic E-state index is 0.0994. The first-order valence-electron chi connectivity index (χ1n) is 4.25. The van der Waals surface area contributed by atoms with Crippen LogP contribution in [0.1, 0.15) is 10.4 Å². The van der Waals surface area contributed by atoms with E-state index in [9.17, 15) is 9.18 Å². The number of thiol groups is 1. The molecule has 1 N–H and O–H groups in total. The van der Waals surface area contributed by atoms with Gasteiger partial charge in [0.25, 0.3) is 0 Å². The maximum Gasteiger partial charge on any atom is 0.336 e. The van der Waals surface area contributed by atoms with Gasteiger partial charge in [-0.1, -0.05) is 0 Å². The Bertz CT molecular complexity index is 553. The molecular weight excluding hydrogens is 233 g/mol. The van der Waals surface area contributed by atoms with Crippen molar-refractivity contribution >= 4 is 18.6 Å². The van der Waals surface area contributed by atoms with E-state index in [1.54, 1.807) is 0 Å². The van der Waals surface area contributed by atoms with Gasteiger partial charge in [0.15, 0.2) is 0 Å².